The molecule has 0 aliphatic carbocycles. The molecule has 0 saturated carbocycles. The van der Waals surface area contributed by atoms with E-state index in [0.717, 1.165) is 17.6 Å². The Balaban J connectivity index is 2.20. The highest BCUT2D eigenvalue weighted by Gasteiger charge is 2.33. The van der Waals surface area contributed by atoms with E-state index in [0.29, 0.717) is 24.3 Å². The van der Waals surface area contributed by atoms with Gasteiger partial charge in [-0.2, -0.15) is 0 Å². The summed E-state index contributed by atoms with van der Waals surface area (Å²) in [5, 5.41) is 10.3. The van der Waals surface area contributed by atoms with E-state index in [1.54, 1.807) is 29.8 Å². The number of rotatable bonds is 2. The highest BCUT2D eigenvalue weighted by atomic mass is 16.3. The molecule has 1 aliphatic rings. The molecule has 6 nitrogen and oxygen atoms in total. The van der Waals surface area contributed by atoms with E-state index >= 15 is 0 Å². The number of hydrogen-bond acceptors (Lipinski definition) is 4. The van der Waals surface area contributed by atoms with Gasteiger partial charge in [-0.1, -0.05) is 13.5 Å². The van der Waals surface area contributed by atoms with Gasteiger partial charge in [-0.25, -0.2) is 0 Å². The first kappa shape index (κ1) is 16.5. The average molecular weight is 326 g/mol. The Hall–Kier alpha value is -2.39. The zero-order valence-electron chi connectivity index (χ0n) is 14.2. The van der Waals surface area contributed by atoms with E-state index in [-0.39, 0.29) is 23.6 Å². The summed E-state index contributed by atoms with van der Waals surface area (Å²) < 4.78 is 1.56. The van der Waals surface area contributed by atoms with E-state index in [9.17, 15) is 9.90 Å². The van der Waals surface area contributed by atoms with Gasteiger partial charge < -0.3 is 19.4 Å². The Bertz CT molecular complexity index is 868. The van der Waals surface area contributed by atoms with Gasteiger partial charge in [0.15, 0.2) is 0 Å². The van der Waals surface area contributed by atoms with Crippen LogP contribution in [0.3, 0.4) is 0 Å². The second-order valence-electron chi connectivity index (χ2n) is 6.55. The maximum atomic E-state index is 12.4. The summed E-state index contributed by atoms with van der Waals surface area (Å²) in [4.78, 5) is 22.4. The maximum absolute atomic E-state index is 12.4. The number of aliphatic hydroxyl groups is 1. The van der Waals surface area contributed by atoms with Crippen LogP contribution in [0.25, 0.3) is 15.9 Å². The van der Waals surface area contributed by atoms with Crippen LogP contribution >= 0.6 is 0 Å². The third-order valence-corrected chi connectivity index (χ3v) is 5.09. The van der Waals surface area contributed by atoms with Gasteiger partial charge in [0.05, 0.1) is 17.3 Å². The van der Waals surface area contributed by atoms with E-state index in [2.05, 4.69) is 28.6 Å². The number of anilines is 1. The second kappa shape index (κ2) is 6.25. The molecular weight excluding hydrogens is 304 g/mol. The van der Waals surface area contributed by atoms with Crippen LogP contribution in [0.2, 0.25) is 0 Å². The highest BCUT2D eigenvalue weighted by molar-refractivity contribution is 5.89. The molecule has 2 aromatic rings. The molecule has 1 aliphatic heterocycles. The summed E-state index contributed by atoms with van der Waals surface area (Å²) in [6, 6.07) is 5.12. The molecule has 0 amide bonds. The van der Waals surface area contributed by atoms with Crippen molar-refractivity contribution in [3.8, 4) is 0 Å². The van der Waals surface area contributed by atoms with Crippen LogP contribution < -0.4 is 10.5 Å². The van der Waals surface area contributed by atoms with E-state index in [4.69, 9.17) is 6.57 Å². The molecule has 126 valence electrons. The molecule has 6 heteroatoms. The molecule has 3 rings (SSSR count). The number of hydrogen-bond donors (Lipinski definition) is 1. The van der Waals surface area contributed by atoms with Crippen LogP contribution in [0.4, 0.5) is 11.5 Å². The van der Waals surface area contributed by atoms with Crippen molar-refractivity contribution in [2.75, 3.05) is 11.4 Å². The van der Waals surface area contributed by atoms with Gasteiger partial charge in [-0.3, -0.25) is 4.79 Å². The Kier molecular flexibility index (Phi) is 4.29. The van der Waals surface area contributed by atoms with Crippen LogP contribution in [-0.2, 0) is 7.05 Å². The third kappa shape index (κ3) is 2.65. The summed E-state index contributed by atoms with van der Waals surface area (Å²) in [6.45, 7) is 12.0. The first-order valence-corrected chi connectivity index (χ1v) is 8.29. The van der Waals surface area contributed by atoms with Crippen molar-refractivity contribution in [1.82, 2.24) is 9.55 Å². The minimum absolute atomic E-state index is 0.0961. The van der Waals surface area contributed by atoms with Crippen molar-refractivity contribution in [3.05, 3.63) is 40.0 Å². The average Bonchev–Trinajstić information content (AvgIpc) is 2.58. The molecule has 1 fully saturated rings. The molecule has 3 heterocycles. The fourth-order valence-electron chi connectivity index (χ4n) is 3.54. The Morgan fingerprint density at radius 3 is 2.88 bits per heavy atom. The molecule has 0 bridgehead atoms. The van der Waals surface area contributed by atoms with Gasteiger partial charge >= 0.3 is 0 Å². The minimum Gasteiger partial charge on any atom is -0.393 e. The minimum atomic E-state index is -0.314. The lowest BCUT2D eigenvalue weighted by molar-refractivity contribution is 0.0734. The van der Waals surface area contributed by atoms with E-state index in [1.807, 2.05) is 0 Å². The molecule has 1 N–H and O–H groups in total. The molecular formula is C18H22N4O2. The van der Waals surface area contributed by atoms with Gasteiger partial charge in [-0.15, -0.1) is 4.98 Å². The topological polar surface area (TPSA) is 62.7 Å². The molecule has 3 atom stereocenters. The quantitative estimate of drug-likeness (QED) is 0.861. The SMILES string of the molecule is [C-]#[N+]c1ccc2c(n1)c(N1C[C@@H](CC)[C@H](O)C[C@@H]1C)cc(=O)n2C. The van der Waals surface area contributed by atoms with Gasteiger partial charge in [-0.05, 0) is 31.9 Å². The smallest absolute Gasteiger partial charge is 0.270 e. The van der Waals surface area contributed by atoms with Crippen LogP contribution in [-0.4, -0.2) is 33.3 Å². The third-order valence-electron chi connectivity index (χ3n) is 5.09. The molecule has 0 unspecified atom stereocenters. The number of fused-ring (bicyclic) bond motifs is 1. The van der Waals surface area contributed by atoms with Crippen molar-refractivity contribution >= 4 is 22.5 Å². The number of aryl methyl sites for hydroxylation is 1. The molecule has 2 aromatic heterocycles. The van der Waals surface area contributed by atoms with Crippen molar-refractivity contribution in [3.63, 3.8) is 0 Å². The fraction of sp³-hybridized carbons (Fsp3) is 0.500. The molecule has 1 saturated heterocycles. The van der Waals surface area contributed by atoms with Crippen molar-refractivity contribution in [2.24, 2.45) is 13.0 Å². The number of pyridine rings is 2. The fourth-order valence-corrected chi connectivity index (χ4v) is 3.54. The summed E-state index contributed by atoms with van der Waals surface area (Å²) in [7, 11) is 1.71. The summed E-state index contributed by atoms with van der Waals surface area (Å²) in [5.74, 6) is 0.489. The van der Waals surface area contributed by atoms with Crippen LogP contribution in [0.15, 0.2) is 23.0 Å². The normalized spacial score (nSPS) is 24.1. The summed E-state index contributed by atoms with van der Waals surface area (Å²) in [5.41, 5.74) is 2.05. The standard InChI is InChI=1S/C18H22N4O2/c1-5-12-10-22(11(2)8-15(12)23)14-9-17(24)21(4)13-6-7-16(19-3)20-18(13)14/h6-7,9,11-12,15,23H,5,8,10H2,1-2,4H3/t11-,12+,15+/m0/s1. The van der Waals surface area contributed by atoms with E-state index < -0.39 is 0 Å². The lowest BCUT2D eigenvalue weighted by atomic mass is 9.88. The lowest BCUT2D eigenvalue weighted by Gasteiger charge is -2.42. The highest BCUT2D eigenvalue weighted by Crippen LogP contribution is 2.33. The number of piperidine rings is 1. The van der Waals surface area contributed by atoms with Crippen LogP contribution in [0, 0.1) is 12.5 Å². The van der Waals surface area contributed by atoms with Gasteiger partial charge in [0.2, 0.25) is 5.52 Å². The van der Waals surface area contributed by atoms with Crippen LogP contribution in [0.5, 0.6) is 0 Å². The maximum Gasteiger partial charge on any atom is 0.270 e. The molecule has 24 heavy (non-hydrogen) atoms. The zero-order chi connectivity index (χ0) is 17.4. The molecule has 0 radical (unpaired) electrons. The van der Waals surface area contributed by atoms with Crippen molar-refractivity contribution in [1.29, 1.82) is 0 Å². The monoisotopic (exact) mass is 326 g/mol. The molecule has 0 aromatic carbocycles. The number of aliphatic hydroxyl groups excluding tert-OH is 1. The van der Waals surface area contributed by atoms with Gasteiger partial charge in [0.1, 0.15) is 0 Å². The lowest BCUT2D eigenvalue weighted by Crippen LogP contribution is -2.48. The van der Waals surface area contributed by atoms with E-state index in [1.165, 1.54) is 0 Å². The summed E-state index contributed by atoms with van der Waals surface area (Å²) in [6.07, 6.45) is 1.23. The zero-order valence-corrected chi connectivity index (χ0v) is 14.2. The second-order valence-corrected chi connectivity index (χ2v) is 6.55. The molecule has 0 spiro atoms. The largest absolute Gasteiger partial charge is 0.393 e. The Labute approximate surface area is 141 Å². The van der Waals surface area contributed by atoms with Gasteiger partial charge in [0.25, 0.3) is 11.4 Å². The van der Waals surface area contributed by atoms with Crippen molar-refractivity contribution < 1.29 is 5.11 Å². The van der Waals surface area contributed by atoms with Crippen molar-refractivity contribution in [2.45, 2.75) is 38.8 Å². The van der Waals surface area contributed by atoms with Gasteiger partial charge in [0, 0.05) is 31.6 Å². The predicted octanol–water partition coefficient (Wildman–Crippen LogP) is 2.47. The first-order chi connectivity index (χ1) is 11.5. The van der Waals surface area contributed by atoms with Crippen LogP contribution in [0.1, 0.15) is 26.7 Å². The summed E-state index contributed by atoms with van der Waals surface area (Å²) >= 11 is 0. The first-order valence-electron chi connectivity index (χ1n) is 8.29. The number of nitrogens with zero attached hydrogens (tertiary/aromatic N) is 4. The Morgan fingerprint density at radius 1 is 1.46 bits per heavy atom. The number of aromatic nitrogens is 2. The Morgan fingerprint density at radius 2 is 2.21 bits per heavy atom. The predicted molar refractivity (Wildman–Crippen MR) is 94.5 cm³/mol.